The first-order valence-electron chi connectivity index (χ1n) is 6.21. The van der Waals surface area contributed by atoms with Crippen LogP contribution in [0.15, 0.2) is 17.0 Å². The molecule has 0 aliphatic rings. The van der Waals surface area contributed by atoms with E-state index in [-0.39, 0.29) is 17.5 Å². The molecule has 0 spiro atoms. The Morgan fingerprint density at radius 1 is 1.45 bits per heavy atom. The Hall–Kier alpha value is -0.270. The minimum atomic E-state index is -3.57. The summed E-state index contributed by atoms with van der Waals surface area (Å²) in [6, 6.07) is 3.12. The van der Waals surface area contributed by atoms with E-state index in [2.05, 4.69) is 0 Å². The molecule has 0 fully saturated rings. The van der Waals surface area contributed by atoms with E-state index in [1.165, 1.54) is 10.4 Å². The highest BCUT2D eigenvalue weighted by atomic mass is 35.5. The van der Waals surface area contributed by atoms with Crippen LogP contribution in [-0.2, 0) is 16.6 Å². The van der Waals surface area contributed by atoms with E-state index in [1.807, 2.05) is 13.2 Å². The maximum Gasteiger partial charge on any atom is 0.243 e. The van der Waals surface area contributed by atoms with Crippen molar-refractivity contribution in [2.24, 2.45) is 5.73 Å². The highest BCUT2D eigenvalue weighted by molar-refractivity contribution is 7.98. The van der Waals surface area contributed by atoms with Crippen molar-refractivity contribution in [1.29, 1.82) is 0 Å². The van der Waals surface area contributed by atoms with Crippen LogP contribution in [0.4, 0.5) is 0 Å². The van der Waals surface area contributed by atoms with Gasteiger partial charge in [0.05, 0.1) is 4.90 Å². The van der Waals surface area contributed by atoms with E-state index in [0.29, 0.717) is 10.6 Å². The molecule has 4 nitrogen and oxygen atoms in total. The minimum Gasteiger partial charge on any atom is -0.326 e. The van der Waals surface area contributed by atoms with Crippen LogP contribution in [-0.4, -0.2) is 37.8 Å². The lowest BCUT2D eigenvalue weighted by atomic mass is 10.1. The topological polar surface area (TPSA) is 63.4 Å². The molecule has 1 unspecified atom stereocenters. The first-order valence-corrected chi connectivity index (χ1v) is 9.43. The van der Waals surface area contributed by atoms with Crippen LogP contribution in [0.1, 0.15) is 18.1 Å². The fourth-order valence-corrected chi connectivity index (χ4v) is 4.68. The molecule has 0 bridgehead atoms. The van der Waals surface area contributed by atoms with Gasteiger partial charge in [0, 0.05) is 30.4 Å². The molecule has 1 rings (SSSR count). The molecule has 0 aromatic heterocycles. The van der Waals surface area contributed by atoms with Crippen LogP contribution in [0.25, 0.3) is 0 Å². The Labute approximate surface area is 130 Å². The number of hydrogen-bond donors (Lipinski definition) is 1. The van der Waals surface area contributed by atoms with Gasteiger partial charge in [-0.3, -0.25) is 0 Å². The van der Waals surface area contributed by atoms with Crippen LogP contribution in [0.2, 0.25) is 5.02 Å². The van der Waals surface area contributed by atoms with E-state index in [0.717, 1.165) is 11.3 Å². The van der Waals surface area contributed by atoms with Gasteiger partial charge in [0.15, 0.2) is 0 Å². The van der Waals surface area contributed by atoms with Gasteiger partial charge in [-0.1, -0.05) is 11.6 Å². The number of hydrogen-bond acceptors (Lipinski definition) is 4. The highest BCUT2D eigenvalue weighted by Crippen LogP contribution is 2.27. The van der Waals surface area contributed by atoms with Gasteiger partial charge in [0.1, 0.15) is 0 Å². The summed E-state index contributed by atoms with van der Waals surface area (Å²) in [4.78, 5) is 0.237. The molecular weight excluding hydrogens is 316 g/mol. The van der Waals surface area contributed by atoms with E-state index in [4.69, 9.17) is 17.3 Å². The van der Waals surface area contributed by atoms with Crippen molar-refractivity contribution < 1.29 is 8.42 Å². The number of halogens is 1. The van der Waals surface area contributed by atoms with Crippen LogP contribution >= 0.6 is 23.4 Å². The fraction of sp³-hybridized carbons (Fsp3) is 0.538. The molecule has 2 N–H and O–H groups in total. The maximum atomic E-state index is 12.7. The number of nitrogens with two attached hydrogens (primary N) is 1. The van der Waals surface area contributed by atoms with E-state index >= 15 is 0 Å². The van der Waals surface area contributed by atoms with Crippen LogP contribution < -0.4 is 5.73 Å². The standard InChI is InChI=1S/C13H21ClN2O2S2/c1-9(8-19-4)16(3)20(17,18)13-6-12(14)5-11(7-15)10(13)2/h5-6,9H,7-8,15H2,1-4H3. The predicted octanol–water partition coefficient (Wildman–Crippen LogP) is 2.48. The summed E-state index contributed by atoms with van der Waals surface area (Å²) < 4.78 is 26.8. The van der Waals surface area contributed by atoms with Crippen molar-refractivity contribution in [3.8, 4) is 0 Å². The van der Waals surface area contributed by atoms with Crippen molar-refractivity contribution >= 4 is 33.4 Å². The molecule has 1 atom stereocenters. The Kier molecular flexibility index (Phi) is 6.34. The maximum absolute atomic E-state index is 12.7. The first-order chi connectivity index (χ1) is 9.25. The monoisotopic (exact) mass is 336 g/mol. The Balaban J connectivity index is 3.32. The summed E-state index contributed by atoms with van der Waals surface area (Å²) in [7, 11) is -1.97. The molecule has 0 saturated carbocycles. The third-order valence-corrected chi connectivity index (χ3v) is 6.47. The van der Waals surface area contributed by atoms with E-state index in [1.54, 1.807) is 31.8 Å². The molecule has 114 valence electrons. The number of benzene rings is 1. The second kappa shape index (κ2) is 7.13. The molecule has 0 aliphatic carbocycles. The van der Waals surface area contributed by atoms with Gasteiger partial charge in [-0.15, -0.1) is 0 Å². The summed E-state index contributed by atoms with van der Waals surface area (Å²) in [6.07, 6.45) is 1.95. The average molecular weight is 337 g/mol. The van der Waals surface area contributed by atoms with Crippen molar-refractivity contribution in [1.82, 2.24) is 4.31 Å². The third-order valence-electron chi connectivity index (χ3n) is 3.34. The fourth-order valence-electron chi connectivity index (χ4n) is 1.93. The van der Waals surface area contributed by atoms with Gasteiger partial charge in [-0.25, -0.2) is 8.42 Å². The number of rotatable bonds is 6. The van der Waals surface area contributed by atoms with Crippen molar-refractivity contribution in [2.45, 2.75) is 31.3 Å². The number of nitrogens with zero attached hydrogens (tertiary/aromatic N) is 1. The smallest absolute Gasteiger partial charge is 0.243 e. The molecule has 0 radical (unpaired) electrons. The summed E-state index contributed by atoms with van der Waals surface area (Å²) >= 11 is 7.62. The van der Waals surface area contributed by atoms with Gasteiger partial charge in [0.25, 0.3) is 0 Å². The van der Waals surface area contributed by atoms with Crippen molar-refractivity contribution in [2.75, 3.05) is 19.1 Å². The van der Waals surface area contributed by atoms with Crippen LogP contribution in [0, 0.1) is 6.92 Å². The second-order valence-electron chi connectivity index (χ2n) is 4.72. The second-order valence-corrected chi connectivity index (χ2v) is 8.03. The van der Waals surface area contributed by atoms with Gasteiger partial charge >= 0.3 is 0 Å². The normalized spacial score (nSPS) is 13.8. The molecule has 0 aliphatic heterocycles. The molecule has 7 heteroatoms. The summed E-state index contributed by atoms with van der Waals surface area (Å²) in [5.74, 6) is 0.735. The largest absolute Gasteiger partial charge is 0.326 e. The molecule has 0 heterocycles. The third kappa shape index (κ3) is 3.68. The van der Waals surface area contributed by atoms with Crippen molar-refractivity contribution in [3.63, 3.8) is 0 Å². The number of thioether (sulfide) groups is 1. The average Bonchev–Trinajstić information content (AvgIpc) is 2.40. The summed E-state index contributed by atoms with van der Waals surface area (Å²) in [5, 5.41) is 0.389. The zero-order chi connectivity index (χ0) is 15.5. The number of sulfonamides is 1. The quantitative estimate of drug-likeness (QED) is 0.866. The van der Waals surface area contributed by atoms with Gasteiger partial charge < -0.3 is 5.73 Å². The van der Waals surface area contributed by atoms with Crippen LogP contribution in [0.5, 0.6) is 0 Å². The van der Waals surface area contributed by atoms with E-state index in [9.17, 15) is 8.42 Å². The molecule has 0 saturated heterocycles. The summed E-state index contributed by atoms with van der Waals surface area (Å²) in [5.41, 5.74) is 7.06. The SMILES string of the molecule is CSCC(C)N(C)S(=O)(=O)c1cc(Cl)cc(CN)c1C. The first kappa shape index (κ1) is 17.8. The Morgan fingerprint density at radius 3 is 2.55 bits per heavy atom. The van der Waals surface area contributed by atoms with Gasteiger partial charge in [-0.2, -0.15) is 16.1 Å². The predicted molar refractivity (Wildman–Crippen MR) is 86.9 cm³/mol. The summed E-state index contributed by atoms with van der Waals surface area (Å²) in [6.45, 7) is 3.91. The lowest BCUT2D eigenvalue weighted by Crippen LogP contribution is -2.37. The molecule has 0 amide bonds. The molecule has 1 aromatic rings. The van der Waals surface area contributed by atoms with E-state index < -0.39 is 10.0 Å². The van der Waals surface area contributed by atoms with Crippen LogP contribution in [0.3, 0.4) is 0 Å². The molecular formula is C13H21ClN2O2S2. The Morgan fingerprint density at radius 2 is 2.05 bits per heavy atom. The van der Waals surface area contributed by atoms with Gasteiger partial charge in [0.2, 0.25) is 10.0 Å². The zero-order valence-electron chi connectivity index (χ0n) is 12.2. The lowest BCUT2D eigenvalue weighted by Gasteiger charge is -2.25. The van der Waals surface area contributed by atoms with Crippen molar-refractivity contribution in [3.05, 3.63) is 28.3 Å². The highest BCUT2D eigenvalue weighted by Gasteiger charge is 2.27. The lowest BCUT2D eigenvalue weighted by molar-refractivity contribution is 0.414. The molecule has 1 aromatic carbocycles. The van der Waals surface area contributed by atoms with Gasteiger partial charge in [-0.05, 0) is 43.4 Å². The Bertz CT molecular complexity index is 576. The molecule has 20 heavy (non-hydrogen) atoms. The minimum absolute atomic E-state index is 0.0882. The zero-order valence-corrected chi connectivity index (χ0v) is 14.6.